The van der Waals surface area contributed by atoms with Crippen LogP contribution in [0.2, 0.25) is 0 Å². The molecule has 3 aromatic carbocycles. The Morgan fingerprint density at radius 2 is 1.63 bits per heavy atom. The van der Waals surface area contributed by atoms with E-state index in [-0.39, 0.29) is 17.0 Å². The maximum atomic E-state index is 13.4. The third-order valence-electron chi connectivity index (χ3n) is 4.55. The third kappa shape index (κ3) is 4.90. The first-order valence-corrected chi connectivity index (χ1v) is 11.0. The van der Waals surface area contributed by atoms with E-state index >= 15 is 0 Å². The summed E-state index contributed by atoms with van der Waals surface area (Å²) in [5, 5.41) is 11.3. The van der Waals surface area contributed by atoms with E-state index < -0.39 is 26.4 Å². The molecule has 3 rings (SSSR count). The number of non-ortho nitro benzene ring substituents is 1. The lowest BCUT2D eigenvalue weighted by atomic mass is 10.1. The quantitative estimate of drug-likeness (QED) is 0.437. The van der Waals surface area contributed by atoms with Crippen LogP contribution in [0.4, 0.5) is 11.4 Å². The summed E-state index contributed by atoms with van der Waals surface area (Å²) in [6.07, 6.45) is 0.946. The summed E-state index contributed by atoms with van der Waals surface area (Å²) in [5.41, 5.74) is 1.95. The molecule has 7 nitrogen and oxygen atoms in total. The lowest BCUT2D eigenvalue weighted by Crippen LogP contribution is -2.30. The Bertz CT molecular complexity index is 1190. The van der Waals surface area contributed by atoms with Gasteiger partial charge in [-0.15, -0.1) is 0 Å². The summed E-state index contributed by atoms with van der Waals surface area (Å²) in [6.45, 7) is 2.14. The maximum absolute atomic E-state index is 13.4. The van der Waals surface area contributed by atoms with Gasteiger partial charge in [-0.05, 0) is 30.7 Å². The lowest BCUT2D eigenvalue weighted by Gasteiger charge is -2.23. The van der Waals surface area contributed by atoms with E-state index in [1.54, 1.807) is 12.1 Å². The van der Waals surface area contributed by atoms with Gasteiger partial charge >= 0.3 is 0 Å². The molecule has 0 aliphatic heterocycles. The highest BCUT2D eigenvalue weighted by atomic mass is 32.2. The fourth-order valence-electron chi connectivity index (χ4n) is 2.95. The van der Waals surface area contributed by atoms with E-state index in [2.05, 4.69) is 0 Å². The number of aryl methyl sites for hydroxylation is 1. The minimum Gasteiger partial charge on any atom is -0.304 e. The molecule has 0 atom stereocenters. The second-order valence-corrected chi connectivity index (χ2v) is 8.97. The van der Waals surface area contributed by atoms with Crippen molar-refractivity contribution in [3.63, 3.8) is 0 Å². The fraction of sp³-hybridized carbons (Fsp3) is 0.136. The van der Waals surface area contributed by atoms with Gasteiger partial charge in [-0.2, -0.15) is 0 Å². The smallest absolute Gasteiger partial charge is 0.271 e. The van der Waals surface area contributed by atoms with E-state index in [0.29, 0.717) is 5.69 Å². The number of nitro groups is 1. The normalized spacial score (nSPS) is 11.1. The fourth-order valence-corrected chi connectivity index (χ4v) is 3.63. The number of carbonyl (C=O) groups is 1. The molecule has 3 aromatic rings. The van der Waals surface area contributed by atoms with Crippen molar-refractivity contribution in [2.45, 2.75) is 18.4 Å². The van der Waals surface area contributed by atoms with Crippen LogP contribution in [0, 0.1) is 17.0 Å². The summed E-state index contributed by atoms with van der Waals surface area (Å²) in [6, 6.07) is 19.8. The van der Waals surface area contributed by atoms with Gasteiger partial charge in [-0.1, -0.05) is 48.0 Å². The first-order valence-electron chi connectivity index (χ1n) is 9.07. The van der Waals surface area contributed by atoms with Crippen molar-refractivity contribution in [1.29, 1.82) is 0 Å². The number of nitro benzene ring substituents is 1. The standard InChI is InChI=1S/C22H20N2O5S/c1-16-8-10-19(11-9-16)23(15-17-6-4-3-5-7-17)22(25)18-12-20(24(26)27)14-21(13-18)30(2,28)29/h3-14H,15H2,1-2H3. The van der Waals surface area contributed by atoms with Crippen molar-refractivity contribution >= 4 is 27.1 Å². The van der Waals surface area contributed by atoms with Crippen LogP contribution in [-0.2, 0) is 16.4 Å². The molecule has 0 aliphatic carbocycles. The van der Waals surface area contributed by atoms with Crippen LogP contribution in [0.5, 0.6) is 0 Å². The van der Waals surface area contributed by atoms with Crippen molar-refractivity contribution in [2.24, 2.45) is 0 Å². The summed E-state index contributed by atoms with van der Waals surface area (Å²) >= 11 is 0. The second-order valence-electron chi connectivity index (χ2n) is 6.96. The second kappa shape index (κ2) is 8.46. The summed E-state index contributed by atoms with van der Waals surface area (Å²) < 4.78 is 24.0. The summed E-state index contributed by atoms with van der Waals surface area (Å²) in [4.78, 5) is 25.2. The molecule has 0 fully saturated rings. The lowest BCUT2D eigenvalue weighted by molar-refractivity contribution is -0.385. The van der Waals surface area contributed by atoms with E-state index in [1.165, 1.54) is 11.0 Å². The van der Waals surface area contributed by atoms with Gasteiger partial charge in [0.25, 0.3) is 11.6 Å². The SMILES string of the molecule is Cc1ccc(N(Cc2ccccc2)C(=O)c2cc([N+](=O)[O-])cc(S(C)(=O)=O)c2)cc1. The van der Waals surface area contributed by atoms with E-state index in [1.807, 2.05) is 49.4 Å². The van der Waals surface area contributed by atoms with Crippen molar-refractivity contribution in [1.82, 2.24) is 0 Å². The molecule has 0 unspecified atom stereocenters. The predicted octanol–water partition coefficient (Wildman–Crippen LogP) is 4.15. The van der Waals surface area contributed by atoms with Crippen LogP contribution < -0.4 is 4.90 Å². The first-order chi connectivity index (χ1) is 14.1. The molecule has 0 heterocycles. The van der Waals surface area contributed by atoms with Crippen LogP contribution in [0.25, 0.3) is 0 Å². The van der Waals surface area contributed by atoms with Crippen molar-refractivity contribution in [3.05, 3.63) is 99.6 Å². The number of hydrogen-bond acceptors (Lipinski definition) is 5. The zero-order chi connectivity index (χ0) is 21.9. The molecule has 8 heteroatoms. The maximum Gasteiger partial charge on any atom is 0.271 e. The Morgan fingerprint density at radius 1 is 1.00 bits per heavy atom. The molecule has 0 spiro atoms. The Balaban J connectivity index is 2.11. The average Bonchev–Trinajstić information content (AvgIpc) is 2.72. The average molecular weight is 424 g/mol. The number of benzene rings is 3. The number of hydrogen-bond donors (Lipinski definition) is 0. The number of anilines is 1. The third-order valence-corrected chi connectivity index (χ3v) is 5.64. The zero-order valence-corrected chi connectivity index (χ0v) is 17.3. The van der Waals surface area contributed by atoms with Crippen LogP contribution in [-0.4, -0.2) is 25.5 Å². The molecule has 0 saturated heterocycles. The van der Waals surface area contributed by atoms with Gasteiger partial charge in [-0.25, -0.2) is 8.42 Å². The molecular weight excluding hydrogens is 404 g/mol. The van der Waals surface area contributed by atoms with E-state index in [4.69, 9.17) is 0 Å². The van der Waals surface area contributed by atoms with Gasteiger partial charge in [0, 0.05) is 29.6 Å². The van der Waals surface area contributed by atoms with Crippen molar-refractivity contribution in [3.8, 4) is 0 Å². The minimum absolute atomic E-state index is 0.0684. The summed E-state index contributed by atoms with van der Waals surface area (Å²) in [5.74, 6) is -0.531. The van der Waals surface area contributed by atoms with Crippen molar-refractivity contribution in [2.75, 3.05) is 11.2 Å². The molecular formula is C22H20N2O5S. The molecule has 0 saturated carbocycles. The highest BCUT2D eigenvalue weighted by Gasteiger charge is 2.24. The molecule has 1 amide bonds. The topological polar surface area (TPSA) is 97.6 Å². The Labute approximate surface area is 174 Å². The van der Waals surface area contributed by atoms with Crippen LogP contribution in [0.1, 0.15) is 21.5 Å². The monoisotopic (exact) mass is 424 g/mol. The van der Waals surface area contributed by atoms with Gasteiger partial charge in [-0.3, -0.25) is 14.9 Å². The highest BCUT2D eigenvalue weighted by Crippen LogP contribution is 2.25. The Hall–Kier alpha value is -3.52. The Morgan fingerprint density at radius 3 is 2.20 bits per heavy atom. The van der Waals surface area contributed by atoms with E-state index in [9.17, 15) is 23.3 Å². The number of amides is 1. The highest BCUT2D eigenvalue weighted by molar-refractivity contribution is 7.90. The molecule has 154 valence electrons. The van der Waals surface area contributed by atoms with Gasteiger partial charge in [0.2, 0.25) is 0 Å². The van der Waals surface area contributed by atoms with Crippen LogP contribution >= 0.6 is 0 Å². The van der Waals surface area contributed by atoms with Gasteiger partial charge in [0.15, 0.2) is 9.84 Å². The molecule has 0 bridgehead atoms. The van der Waals surface area contributed by atoms with Gasteiger partial charge in [0.05, 0.1) is 16.4 Å². The van der Waals surface area contributed by atoms with Crippen LogP contribution in [0.3, 0.4) is 0 Å². The minimum atomic E-state index is -3.74. The molecule has 0 radical (unpaired) electrons. The summed E-state index contributed by atoms with van der Waals surface area (Å²) in [7, 11) is -3.74. The molecule has 0 aliphatic rings. The zero-order valence-electron chi connectivity index (χ0n) is 16.5. The molecule has 0 aromatic heterocycles. The molecule has 0 N–H and O–H groups in total. The van der Waals surface area contributed by atoms with Crippen molar-refractivity contribution < 1.29 is 18.1 Å². The molecule has 30 heavy (non-hydrogen) atoms. The number of rotatable bonds is 6. The van der Waals surface area contributed by atoms with Crippen LogP contribution in [0.15, 0.2) is 77.7 Å². The number of carbonyl (C=O) groups excluding carboxylic acids is 1. The predicted molar refractivity (Wildman–Crippen MR) is 114 cm³/mol. The van der Waals surface area contributed by atoms with Gasteiger partial charge < -0.3 is 4.90 Å². The Kier molecular flexibility index (Phi) is 5.98. The number of nitrogens with zero attached hydrogens (tertiary/aromatic N) is 2. The van der Waals surface area contributed by atoms with Gasteiger partial charge in [0.1, 0.15) is 0 Å². The number of sulfone groups is 1. The van der Waals surface area contributed by atoms with E-state index in [0.717, 1.165) is 29.5 Å². The first kappa shape index (κ1) is 21.2. The largest absolute Gasteiger partial charge is 0.304 e.